The van der Waals surface area contributed by atoms with Crippen LogP contribution in [0.25, 0.3) is 28.0 Å². The van der Waals surface area contributed by atoms with Crippen molar-refractivity contribution in [3.63, 3.8) is 0 Å². The lowest BCUT2D eigenvalue weighted by Crippen LogP contribution is -2.44. The monoisotopic (exact) mass is 764 g/mol. The fourth-order valence-electron chi connectivity index (χ4n) is 10.9. The van der Waals surface area contributed by atoms with Gasteiger partial charge in [-0.25, -0.2) is 0 Å². The Morgan fingerprint density at radius 2 is 1.23 bits per heavy atom. The second-order valence-electron chi connectivity index (χ2n) is 18.3. The third-order valence-electron chi connectivity index (χ3n) is 12.7. The molecule has 0 unspecified atom stereocenters. The Balaban J connectivity index is 1.40. The maximum atomic E-state index is 7.78. The molecule has 5 nitrogen and oxygen atoms in total. The number of hydrogen-bond acceptors (Lipinski definition) is 5. The number of rotatable bonds is 12. The van der Waals surface area contributed by atoms with Gasteiger partial charge in [0.25, 0.3) is 0 Å². The average Bonchev–Trinajstić information content (AvgIpc) is 3.44. The highest BCUT2D eigenvalue weighted by molar-refractivity contribution is 6.09. The van der Waals surface area contributed by atoms with Gasteiger partial charge in [-0.15, -0.1) is 0 Å². The van der Waals surface area contributed by atoms with E-state index in [0.717, 1.165) is 101 Å². The minimum absolute atomic E-state index is 0.103. The first-order valence-corrected chi connectivity index (χ1v) is 21.1. The second kappa shape index (κ2) is 14.8. The van der Waals surface area contributed by atoms with Gasteiger partial charge in [0, 0.05) is 27.5 Å². The second-order valence-corrected chi connectivity index (χ2v) is 18.3. The third-order valence-corrected chi connectivity index (χ3v) is 12.7. The van der Waals surface area contributed by atoms with E-state index >= 15 is 0 Å². The summed E-state index contributed by atoms with van der Waals surface area (Å²) in [5.74, 6) is 4.36. The standard InChI is InChI=1S/C52H60O5/c1-10-12-26-55-37-18-14-35(15-19-37)52(36-16-20-38(21-17-36)56-27-13-11-2)25-24-41-47-46(42-28-34(3)45(54-9)30-43(42)48(41)57-52)40-23-22-39(53-8)29-44(40)51(47)32-49(4,5)31-50(6,7)33-51/h14-25,28-30H,10-13,26-27,31-33H2,1-9H3. The first kappa shape index (κ1) is 38.9. The Labute approximate surface area is 340 Å². The van der Waals surface area contributed by atoms with Crippen molar-refractivity contribution in [2.75, 3.05) is 27.4 Å². The van der Waals surface area contributed by atoms with Crippen molar-refractivity contribution in [2.45, 2.75) is 104 Å². The lowest BCUT2D eigenvalue weighted by atomic mass is 9.52. The van der Waals surface area contributed by atoms with Gasteiger partial charge in [0.2, 0.25) is 0 Å². The summed E-state index contributed by atoms with van der Waals surface area (Å²) in [6, 6.07) is 28.3. The van der Waals surface area contributed by atoms with Crippen LogP contribution in [0.15, 0.2) is 84.9 Å². The van der Waals surface area contributed by atoms with Crippen LogP contribution in [0.3, 0.4) is 0 Å². The molecule has 2 aliphatic carbocycles. The minimum Gasteiger partial charge on any atom is -0.497 e. The number of benzene rings is 5. The first-order chi connectivity index (χ1) is 27.4. The summed E-state index contributed by atoms with van der Waals surface area (Å²) in [5, 5.41) is 2.24. The zero-order chi connectivity index (χ0) is 40.2. The Morgan fingerprint density at radius 1 is 0.649 bits per heavy atom. The van der Waals surface area contributed by atoms with Gasteiger partial charge in [0.05, 0.1) is 27.4 Å². The highest BCUT2D eigenvalue weighted by Crippen LogP contribution is 2.67. The van der Waals surface area contributed by atoms with Crippen molar-refractivity contribution in [1.29, 1.82) is 0 Å². The number of methoxy groups -OCH3 is 2. The van der Waals surface area contributed by atoms with Gasteiger partial charge < -0.3 is 23.7 Å². The molecular formula is C52H60O5. The molecule has 0 aromatic heterocycles. The maximum absolute atomic E-state index is 7.78. The summed E-state index contributed by atoms with van der Waals surface area (Å²) in [7, 11) is 3.54. The van der Waals surface area contributed by atoms with Crippen LogP contribution < -0.4 is 23.7 Å². The lowest BCUT2D eigenvalue weighted by Gasteiger charge is -2.52. The van der Waals surface area contributed by atoms with E-state index in [-0.39, 0.29) is 16.2 Å². The number of fused-ring (bicyclic) bond motifs is 10. The molecular weight excluding hydrogens is 705 g/mol. The van der Waals surface area contributed by atoms with Crippen molar-refractivity contribution in [3.05, 3.63) is 118 Å². The summed E-state index contributed by atoms with van der Waals surface area (Å²) < 4.78 is 32.0. The van der Waals surface area contributed by atoms with Gasteiger partial charge in [-0.2, -0.15) is 0 Å². The van der Waals surface area contributed by atoms with Crippen LogP contribution in [0.5, 0.6) is 28.7 Å². The molecule has 298 valence electrons. The Hall–Kier alpha value is -4.90. The van der Waals surface area contributed by atoms with Gasteiger partial charge in [0.1, 0.15) is 28.7 Å². The molecule has 0 bridgehead atoms. The van der Waals surface area contributed by atoms with Crippen LogP contribution >= 0.6 is 0 Å². The molecule has 5 aromatic rings. The van der Waals surface area contributed by atoms with Gasteiger partial charge >= 0.3 is 0 Å². The Kier molecular flexibility index (Phi) is 10.1. The molecule has 0 atom stereocenters. The molecule has 1 heterocycles. The summed E-state index contributed by atoms with van der Waals surface area (Å²) in [5.41, 5.74) is 8.68. The van der Waals surface area contributed by atoms with Crippen LogP contribution in [0, 0.1) is 17.8 Å². The number of hydrogen-bond donors (Lipinski definition) is 0. The highest BCUT2D eigenvalue weighted by Gasteiger charge is 2.55. The molecule has 1 spiro atoms. The van der Waals surface area contributed by atoms with E-state index in [9.17, 15) is 0 Å². The van der Waals surface area contributed by atoms with Crippen LogP contribution in [-0.4, -0.2) is 27.4 Å². The Bertz CT molecular complexity index is 2240. The van der Waals surface area contributed by atoms with E-state index in [4.69, 9.17) is 23.7 Å². The summed E-state index contributed by atoms with van der Waals surface area (Å²) >= 11 is 0. The van der Waals surface area contributed by atoms with Gasteiger partial charge in [-0.05, 0) is 138 Å². The normalized spacial score (nSPS) is 17.7. The number of ether oxygens (including phenoxy) is 5. The molecule has 0 amide bonds. The first-order valence-electron chi connectivity index (χ1n) is 21.1. The van der Waals surface area contributed by atoms with E-state index in [1.165, 1.54) is 27.6 Å². The average molecular weight is 765 g/mol. The zero-order valence-corrected chi connectivity index (χ0v) is 35.6. The van der Waals surface area contributed by atoms with Crippen LogP contribution in [0.1, 0.15) is 120 Å². The van der Waals surface area contributed by atoms with Crippen LogP contribution in [-0.2, 0) is 11.0 Å². The van der Waals surface area contributed by atoms with Gasteiger partial charge in [-0.3, -0.25) is 0 Å². The molecule has 1 fully saturated rings. The summed E-state index contributed by atoms with van der Waals surface area (Å²) in [6.07, 6.45) is 12.1. The van der Waals surface area contributed by atoms with Crippen molar-refractivity contribution in [2.24, 2.45) is 10.8 Å². The summed E-state index contributed by atoms with van der Waals surface area (Å²) in [6.45, 7) is 17.7. The van der Waals surface area contributed by atoms with Crippen molar-refractivity contribution in [3.8, 4) is 39.9 Å². The molecule has 57 heavy (non-hydrogen) atoms. The van der Waals surface area contributed by atoms with E-state index in [1.807, 2.05) is 0 Å². The third kappa shape index (κ3) is 6.75. The van der Waals surface area contributed by atoms with Crippen molar-refractivity contribution >= 4 is 16.8 Å². The molecule has 1 aliphatic heterocycles. The van der Waals surface area contributed by atoms with Crippen molar-refractivity contribution in [1.82, 2.24) is 0 Å². The quantitative estimate of drug-likeness (QED) is 0.118. The number of aryl methyl sites for hydroxylation is 1. The van der Waals surface area contributed by atoms with Crippen LogP contribution in [0.4, 0.5) is 0 Å². The number of unbranched alkanes of at least 4 members (excludes halogenated alkanes) is 2. The molecule has 0 N–H and O–H groups in total. The predicted molar refractivity (Wildman–Crippen MR) is 234 cm³/mol. The molecule has 0 radical (unpaired) electrons. The van der Waals surface area contributed by atoms with E-state index in [2.05, 4.69) is 139 Å². The Morgan fingerprint density at radius 3 is 1.77 bits per heavy atom. The fourth-order valence-corrected chi connectivity index (χ4v) is 10.9. The molecule has 0 saturated heterocycles. The topological polar surface area (TPSA) is 46.2 Å². The molecule has 8 rings (SSSR count). The SMILES string of the molecule is CCCCOc1ccc(C2(c3ccc(OCCCC)cc3)C=Cc3c4c(c5cc(C)c(OC)cc5c3O2)-c2ccc(OC)cc2C42CC(C)(C)CC(C)(C)C2)cc1. The van der Waals surface area contributed by atoms with Gasteiger partial charge in [0.15, 0.2) is 5.60 Å². The highest BCUT2D eigenvalue weighted by atomic mass is 16.5. The fraction of sp³-hybridized carbons (Fsp3) is 0.423. The molecule has 1 saturated carbocycles. The molecule has 3 aliphatic rings. The van der Waals surface area contributed by atoms with E-state index < -0.39 is 5.60 Å². The largest absolute Gasteiger partial charge is 0.497 e. The molecule has 5 aromatic carbocycles. The van der Waals surface area contributed by atoms with Gasteiger partial charge in [-0.1, -0.05) is 90.8 Å². The van der Waals surface area contributed by atoms with Crippen molar-refractivity contribution < 1.29 is 23.7 Å². The molecule has 5 heteroatoms. The summed E-state index contributed by atoms with van der Waals surface area (Å²) in [4.78, 5) is 0. The zero-order valence-electron chi connectivity index (χ0n) is 35.6. The predicted octanol–water partition coefficient (Wildman–Crippen LogP) is 13.4. The smallest absolute Gasteiger partial charge is 0.178 e. The minimum atomic E-state index is -0.927. The lowest BCUT2D eigenvalue weighted by molar-refractivity contribution is 0.0641. The van der Waals surface area contributed by atoms with E-state index in [1.54, 1.807) is 14.2 Å². The van der Waals surface area contributed by atoms with Crippen LogP contribution in [0.2, 0.25) is 0 Å². The van der Waals surface area contributed by atoms with E-state index in [0.29, 0.717) is 13.2 Å². The maximum Gasteiger partial charge on any atom is 0.178 e.